The summed E-state index contributed by atoms with van der Waals surface area (Å²) < 4.78 is 0. The zero-order valence-corrected chi connectivity index (χ0v) is 8.79. The van der Waals surface area contributed by atoms with E-state index in [1.165, 1.54) is 11.0 Å². The summed E-state index contributed by atoms with van der Waals surface area (Å²) in [5.41, 5.74) is 1.31. The summed E-state index contributed by atoms with van der Waals surface area (Å²) in [6.45, 7) is 0.456. The molecular weight excluding hydrogens is 206 g/mol. The lowest BCUT2D eigenvalue weighted by molar-refractivity contribution is 0.0945. The normalized spacial score (nSPS) is 10.1. The fourth-order valence-electron chi connectivity index (χ4n) is 1.22. The molecule has 1 N–H and O–H groups in total. The van der Waals surface area contributed by atoms with Gasteiger partial charge in [-0.3, -0.25) is 9.78 Å². The Bertz CT molecular complexity index is 479. The standard InChI is InChI=1S/C10H11N5O/c1-15-13-7-9(14-15)10(16)12-6-8-2-4-11-5-3-8/h2-5,7H,6H2,1H3,(H,12,16). The highest BCUT2D eigenvalue weighted by molar-refractivity contribution is 5.91. The van der Waals surface area contributed by atoms with Crippen molar-refractivity contribution in [3.63, 3.8) is 0 Å². The molecule has 0 radical (unpaired) electrons. The molecule has 1 amide bonds. The number of carbonyl (C=O) groups is 1. The third-order valence-electron chi connectivity index (χ3n) is 2.03. The fourth-order valence-corrected chi connectivity index (χ4v) is 1.22. The first-order valence-corrected chi connectivity index (χ1v) is 4.79. The van der Waals surface area contributed by atoms with Gasteiger partial charge in [-0.25, -0.2) is 0 Å². The predicted octanol–water partition coefficient (Wildman–Crippen LogP) is 0.140. The van der Waals surface area contributed by atoms with E-state index >= 15 is 0 Å². The lowest BCUT2D eigenvalue weighted by Crippen LogP contribution is -2.23. The number of aryl methyl sites for hydroxylation is 1. The maximum Gasteiger partial charge on any atom is 0.273 e. The molecule has 0 unspecified atom stereocenters. The van der Waals surface area contributed by atoms with E-state index in [9.17, 15) is 4.79 Å². The number of hydrogen-bond acceptors (Lipinski definition) is 4. The first-order chi connectivity index (χ1) is 7.75. The second kappa shape index (κ2) is 4.52. The van der Waals surface area contributed by atoms with Crippen LogP contribution in [0.3, 0.4) is 0 Å². The van der Waals surface area contributed by atoms with Crippen molar-refractivity contribution in [3.05, 3.63) is 42.0 Å². The molecule has 2 aromatic rings. The zero-order chi connectivity index (χ0) is 11.4. The third kappa shape index (κ3) is 2.41. The topological polar surface area (TPSA) is 72.7 Å². The van der Waals surface area contributed by atoms with E-state index in [2.05, 4.69) is 20.5 Å². The Hall–Kier alpha value is -2.24. The molecular formula is C10H11N5O. The average Bonchev–Trinajstić information content (AvgIpc) is 2.74. The fraction of sp³-hybridized carbons (Fsp3) is 0.200. The number of rotatable bonds is 3. The number of carbonyl (C=O) groups excluding carboxylic acids is 1. The number of nitrogens with zero attached hydrogens (tertiary/aromatic N) is 4. The Labute approximate surface area is 92.3 Å². The predicted molar refractivity (Wildman–Crippen MR) is 56.4 cm³/mol. The van der Waals surface area contributed by atoms with E-state index in [4.69, 9.17) is 0 Å². The van der Waals surface area contributed by atoms with Gasteiger partial charge in [-0.1, -0.05) is 0 Å². The summed E-state index contributed by atoms with van der Waals surface area (Å²) in [5, 5.41) is 10.5. The van der Waals surface area contributed by atoms with Crippen LogP contribution >= 0.6 is 0 Å². The summed E-state index contributed by atoms with van der Waals surface area (Å²) in [5.74, 6) is -0.232. The molecule has 0 aliphatic carbocycles. The first-order valence-electron chi connectivity index (χ1n) is 4.79. The monoisotopic (exact) mass is 217 g/mol. The third-order valence-corrected chi connectivity index (χ3v) is 2.03. The van der Waals surface area contributed by atoms with Gasteiger partial charge in [-0.15, -0.1) is 5.10 Å². The average molecular weight is 217 g/mol. The SMILES string of the molecule is Cn1ncc(C(=O)NCc2ccncc2)n1. The molecule has 0 spiro atoms. The molecule has 0 saturated carbocycles. The zero-order valence-electron chi connectivity index (χ0n) is 8.79. The van der Waals surface area contributed by atoms with Crippen molar-refractivity contribution in [1.29, 1.82) is 0 Å². The van der Waals surface area contributed by atoms with Crippen LogP contribution < -0.4 is 5.32 Å². The Morgan fingerprint density at radius 3 is 2.81 bits per heavy atom. The van der Waals surface area contributed by atoms with Crippen molar-refractivity contribution in [2.75, 3.05) is 0 Å². The van der Waals surface area contributed by atoms with Crippen molar-refractivity contribution >= 4 is 5.91 Å². The molecule has 0 bridgehead atoms. The van der Waals surface area contributed by atoms with E-state index < -0.39 is 0 Å². The maximum atomic E-state index is 11.6. The molecule has 6 heteroatoms. The number of hydrogen-bond donors (Lipinski definition) is 1. The number of pyridine rings is 1. The van der Waals surface area contributed by atoms with Crippen LogP contribution in [-0.4, -0.2) is 25.9 Å². The Morgan fingerprint density at radius 2 is 2.19 bits per heavy atom. The van der Waals surface area contributed by atoms with Gasteiger partial charge in [0, 0.05) is 26.0 Å². The molecule has 2 heterocycles. The van der Waals surface area contributed by atoms with Crippen LogP contribution in [-0.2, 0) is 13.6 Å². The molecule has 0 fully saturated rings. The van der Waals surface area contributed by atoms with Gasteiger partial charge in [0.25, 0.3) is 5.91 Å². The minimum atomic E-state index is -0.232. The van der Waals surface area contributed by atoms with Gasteiger partial charge in [-0.05, 0) is 17.7 Å². The lowest BCUT2D eigenvalue weighted by atomic mass is 10.2. The number of amides is 1. The van der Waals surface area contributed by atoms with Crippen molar-refractivity contribution < 1.29 is 4.79 Å². The van der Waals surface area contributed by atoms with Gasteiger partial charge in [0.05, 0.1) is 6.20 Å². The number of nitrogens with one attached hydrogen (secondary N) is 1. The van der Waals surface area contributed by atoms with Crippen molar-refractivity contribution in [1.82, 2.24) is 25.3 Å². The summed E-state index contributed by atoms with van der Waals surface area (Å²) in [7, 11) is 1.67. The van der Waals surface area contributed by atoms with Crippen LogP contribution in [0.1, 0.15) is 16.1 Å². The van der Waals surface area contributed by atoms with E-state index in [0.29, 0.717) is 12.2 Å². The van der Waals surface area contributed by atoms with Gasteiger partial charge in [0.1, 0.15) is 0 Å². The second-order valence-corrected chi connectivity index (χ2v) is 3.26. The van der Waals surface area contributed by atoms with Gasteiger partial charge in [0.15, 0.2) is 5.69 Å². The van der Waals surface area contributed by atoms with Crippen LogP contribution in [0.2, 0.25) is 0 Å². The van der Waals surface area contributed by atoms with Crippen molar-refractivity contribution in [2.24, 2.45) is 7.05 Å². The minimum absolute atomic E-state index is 0.232. The molecule has 16 heavy (non-hydrogen) atoms. The molecule has 2 aromatic heterocycles. The smallest absolute Gasteiger partial charge is 0.273 e. The Kier molecular flexibility index (Phi) is 2.90. The summed E-state index contributed by atoms with van der Waals surface area (Å²) in [4.78, 5) is 16.8. The van der Waals surface area contributed by atoms with E-state index in [-0.39, 0.29) is 5.91 Å². The largest absolute Gasteiger partial charge is 0.347 e. The van der Waals surface area contributed by atoms with Crippen molar-refractivity contribution in [2.45, 2.75) is 6.54 Å². The highest BCUT2D eigenvalue weighted by atomic mass is 16.2. The minimum Gasteiger partial charge on any atom is -0.347 e. The van der Waals surface area contributed by atoms with Gasteiger partial charge < -0.3 is 5.32 Å². The molecule has 6 nitrogen and oxygen atoms in total. The molecule has 2 rings (SSSR count). The summed E-state index contributed by atoms with van der Waals surface area (Å²) in [6.07, 6.45) is 4.80. The number of aromatic nitrogens is 4. The maximum absolute atomic E-state index is 11.6. The second-order valence-electron chi connectivity index (χ2n) is 3.26. The van der Waals surface area contributed by atoms with Crippen LogP contribution in [0, 0.1) is 0 Å². The highest BCUT2D eigenvalue weighted by Crippen LogP contribution is 1.96. The van der Waals surface area contributed by atoms with Crippen LogP contribution in [0.4, 0.5) is 0 Å². The molecule has 0 aliphatic rings. The molecule has 0 atom stereocenters. The van der Waals surface area contributed by atoms with Crippen LogP contribution in [0.5, 0.6) is 0 Å². The molecule has 82 valence electrons. The van der Waals surface area contributed by atoms with Gasteiger partial charge in [0.2, 0.25) is 0 Å². The quantitative estimate of drug-likeness (QED) is 0.793. The molecule has 0 saturated heterocycles. The van der Waals surface area contributed by atoms with Crippen LogP contribution in [0.25, 0.3) is 0 Å². The highest BCUT2D eigenvalue weighted by Gasteiger charge is 2.08. The summed E-state index contributed by atoms with van der Waals surface area (Å²) >= 11 is 0. The van der Waals surface area contributed by atoms with Gasteiger partial charge in [-0.2, -0.15) is 9.90 Å². The van der Waals surface area contributed by atoms with E-state index in [0.717, 1.165) is 5.56 Å². The van der Waals surface area contributed by atoms with Crippen molar-refractivity contribution in [3.8, 4) is 0 Å². The first kappa shape index (κ1) is 10.3. The summed E-state index contributed by atoms with van der Waals surface area (Å²) in [6, 6.07) is 3.69. The van der Waals surface area contributed by atoms with E-state index in [1.54, 1.807) is 19.4 Å². The Morgan fingerprint density at radius 1 is 1.44 bits per heavy atom. The molecule has 0 aromatic carbocycles. The van der Waals surface area contributed by atoms with E-state index in [1.807, 2.05) is 12.1 Å². The van der Waals surface area contributed by atoms with Crippen LogP contribution in [0.15, 0.2) is 30.7 Å². The molecule has 0 aliphatic heterocycles. The lowest BCUT2D eigenvalue weighted by Gasteiger charge is -2.01. The van der Waals surface area contributed by atoms with Gasteiger partial charge >= 0.3 is 0 Å². The Balaban J connectivity index is 1.94.